The number of nitrogens with zero attached hydrogens (tertiary/aromatic N) is 1. The van der Waals surface area contributed by atoms with Crippen molar-refractivity contribution in [3.63, 3.8) is 0 Å². The standard InChI is InChI=1S/C14H20N2O/c1-4-13(16(2)3)14(17)11-5-6-12-10(9-11)7-8-15-12/h5-6,9,13,15H,4,7-8H2,1-3H3. The molecule has 1 heterocycles. The van der Waals surface area contributed by atoms with E-state index in [2.05, 4.69) is 12.2 Å². The number of likely N-dealkylation sites (N-methyl/N-ethyl adjacent to an activating group) is 1. The van der Waals surface area contributed by atoms with Crippen molar-refractivity contribution in [2.24, 2.45) is 0 Å². The fourth-order valence-corrected chi connectivity index (χ4v) is 2.44. The summed E-state index contributed by atoms with van der Waals surface area (Å²) in [4.78, 5) is 14.3. The first-order chi connectivity index (χ1) is 8.13. The van der Waals surface area contributed by atoms with Gasteiger partial charge in [-0.25, -0.2) is 0 Å². The van der Waals surface area contributed by atoms with Gasteiger partial charge in [0, 0.05) is 17.8 Å². The number of fused-ring (bicyclic) bond motifs is 1. The quantitative estimate of drug-likeness (QED) is 0.808. The van der Waals surface area contributed by atoms with Crippen molar-refractivity contribution < 1.29 is 4.79 Å². The van der Waals surface area contributed by atoms with Gasteiger partial charge in [0.1, 0.15) is 0 Å². The molecule has 0 aliphatic carbocycles. The zero-order chi connectivity index (χ0) is 12.4. The van der Waals surface area contributed by atoms with Crippen LogP contribution in [0, 0.1) is 0 Å². The van der Waals surface area contributed by atoms with Crippen LogP contribution in [0.15, 0.2) is 18.2 Å². The van der Waals surface area contributed by atoms with Gasteiger partial charge in [-0.2, -0.15) is 0 Å². The highest BCUT2D eigenvalue weighted by molar-refractivity contribution is 6.00. The van der Waals surface area contributed by atoms with Gasteiger partial charge in [-0.15, -0.1) is 0 Å². The molecule has 3 nitrogen and oxygen atoms in total. The van der Waals surface area contributed by atoms with Crippen molar-refractivity contribution in [3.8, 4) is 0 Å². The highest BCUT2D eigenvalue weighted by Crippen LogP contribution is 2.24. The molecule has 0 amide bonds. The second kappa shape index (κ2) is 4.88. The maximum absolute atomic E-state index is 12.4. The van der Waals surface area contributed by atoms with Gasteiger partial charge in [-0.3, -0.25) is 9.69 Å². The number of carbonyl (C=O) groups excluding carboxylic acids is 1. The van der Waals surface area contributed by atoms with Crippen molar-refractivity contribution in [2.75, 3.05) is 26.0 Å². The van der Waals surface area contributed by atoms with Gasteiger partial charge in [-0.1, -0.05) is 6.92 Å². The predicted molar refractivity (Wildman–Crippen MR) is 70.7 cm³/mol. The fourth-order valence-electron chi connectivity index (χ4n) is 2.44. The Morgan fingerprint density at radius 2 is 2.24 bits per heavy atom. The summed E-state index contributed by atoms with van der Waals surface area (Å²) in [6, 6.07) is 6.00. The van der Waals surface area contributed by atoms with Crippen molar-refractivity contribution in [3.05, 3.63) is 29.3 Å². The first-order valence-corrected chi connectivity index (χ1v) is 6.21. The Labute approximate surface area is 103 Å². The fraction of sp³-hybridized carbons (Fsp3) is 0.500. The van der Waals surface area contributed by atoms with Crippen LogP contribution < -0.4 is 5.32 Å². The summed E-state index contributed by atoms with van der Waals surface area (Å²) < 4.78 is 0. The van der Waals surface area contributed by atoms with E-state index in [4.69, 9.17) is 0 Å². The molecular formula is C14H20N2O. The Hall–Kier alpha value is -1.35. The summed E-state index contributed by atoms with van der Waals surface area (Å²) in [5, 5.41) is 3.31. The molecule has 1 unspecified atom stereocenters. The smallest absolute Gasteiger partial charge is 0.179 e. The molecule has 0 saturated carbocycles. The molecule has 0 saturated heterocycles. The second-order valence-corrected chi connectivity index (χ2v) is 4.80. The number of benzene rings is 1. The average molecular weight is 232 g/mol. The monoisotopic (exact) mass is 232 g/mol. The van der Waals surface area contributed by atoms with Crippen molar-refractivity contribution in [2.45, 2.75) is 25.8 Å². The topological polar surface area (TPSA) is 32.3 Å². The lowest BCUT2D eigenvalue weighted by Crippen LogP contribution is -2.35. The molecule has 0 fully saturated rings. The molecule has 1 aliphatic rings. The highest BCUT2D eigenvalue weighted by Gasteiger charge is 2.21. The van der Waals surface area contributed by atoms with Gasteiger partial charge in [0.15, 0.2) is 5.78 Å². The summed E-state index contributed by atoms with van der Waals surface area (Å²) in [7, 11) is 3.92. The van der Waals surface area contributed by atoms with E-state index in [1.807, 2.05) is 37.2 Å². The van der Waals surface area contributed by atoms with E-state index in [1.165, 1.54) is 11.3 Å². The molecule has 0 spiro atoms. The third kappa shape index (κ3) is 2.34. The zero-order valence-electron chi connectivity index (χ0n) is 10.8. The average Bonchev–Trinajstić information content (AvgIpc) is 2.75. The molecule has 0 bridgehead atoms. The number of ketones is 1. The minimum atomic E-state index is -0.0117. The van der Waals surface area contributed by atoms with Crippen LogP contribution in [0.4, 0.5) is 5.69 Å². The third-order valence-electron chi connectivity index (χ3n) is 3.41. The number of hydrogen-bond donors (Lipinski definition) is 1. The Bertz CT molecular complexity index is 426. The van der Waals surface area contributed by atoms with Gasteiger partial charge < -0.3 is 5.32 Å². The number of anilines is 1. The number of rotatable bonds is 4. The molecule has 1 aromatic carbocycles. The molecule has 2 rings (SSSR count). The van der Waals surface area contributed by atoms with Crippen LogP contribution in [0.1, 0.15) is 29.3 Å². The largest absolute Gasteiger partial charge is 0.384 e. The first kappa shape index (κ1) is 12.1. The molecule has 17 heavy (non-hydrogen) atoms. The van der Waals surface area contributed by atoms with Gasteiger partial charge >= 0.3 is 0 Å². The van der Waals surface area contributed by atoms with Crippen LogP contribution in [0.2, 0.25) is 0 Å². The number of carbonyl (C=O) groups is 1. The van der Waals surface area contributed by atoms with Crippen LogP contribution >= 0.6 is 0 Å². The lowest BCUT2D eigenvalue weighted by atomic mass is 9.99. The van der Waals surface area contributed by atoms with Crippen molar-refractivity contribution in [1.82, 2.24) is 4.90 Å². The summed E-state index contributed by atoms with van der Waals surface area (Å²) in [5.41, 5.74) is 3.29. The van der Waals surface area contributed by atoms with E-state index in [0.29, 0.717) is 0 Å². The normalized spacial score (nSPS) is 15.5. The number of hydrogen-bond acceptors (Lipinski definition) is 3. The predicted octanol–water partition coefficient (Wildman–Crippen LogP) is 2.18. The number of nitrogens with one attached hydrogen (secondary N) is 1. The Balaban J connectivity index is 2.25. The third-order valence-corrected chi connectivity index (χ3v) is 3.41. The molecule has 0 radical (unpaired) electrons. The summed E-state index contributed by atoms with van der Waals surface area (Å²) in [6.45, 7) is 3.04. The van der Waals surface area contributed by atoms with Crippen molar-refractivity contribution >= 4 is 11.5 Å². The van der Waals surface area contributed by atoms with Crippen LogP contribution in [0.5, 0.6) is 0 Å². The van der Waals surface area contributed by atoms with E-state index in [-0.39, 0.29) is 11.8 Å². The Kier molecular flexibility index (Phi) is 3.48. The first-order valence-electron chi connectivity index (χ1n) is 6.21. The Morgan fingerprint density at radius 1 is 1.47 bits per heavy atom. The van der Waals surface area contributed by atoms with Crippen LogP contribution in [0.25, 0.3) is 0 Å². The summed E-state index contributed by atoms with van der Waals surface area (Å²) in [5.74, 6) is 0.229. The van der Waals surface area contributed by atoms with Gasteiger partial charge in [0.2, 0.25) is 0 Å². The van der Waals surface area contributed by atoms with Crippen LogP contribution in [0.3, 0.4) is 0 Å². The summed E-state index contributed by atoms with van der Waals surface area (Å²) in [6.07, 6.45) is 1.87. The lowest BCUT2D eigenvalue weighted by molar-refractivity contribution is 0.0871. The van der Waals surface area contributed by atoms with Crippen molar-refractivity contribution in [1.29, 1.82) is 0 Å². The van der Waals surface area contributed by atoms with Crippen LogP contribution in [-0.4, -0.2) is 37.4 Å². The molecule has 1 aliphatic heterocycles. The van der Waals surface area contributed by atoms with E-state index in [9.17, 15) is 4.79 Å². The van der Waals surface area contributed by atoms with Gasteiger partial charge in [0.25, 0.3) is 0 Å². The highest BCUT2D eigenvalue weighted by atomic mass is 16.1. The molecule has 3 heteroatoms. The summed E-state index contributed by atoms with van der Waals surface area (Å²) >= 11 is 0. The molecule has 0 aromatic heterocycles. The Morgan fingerprint density at radius 3 is 2.88 bits per heavy atom. The zero-order valence-corrected chi connectivity index (χ0v) is 10.8. The van der Waals surface area contributed by atoms with E-state index in [0.717, 1.165) is 24.9 Å². The minimum Gasteiger partial charge on any atom is -0.384 e. The maximum Gasteiger partial charge on any atom is 0.179 e. The van der Waals surface area contributed by atoms with Gasteiger partial charge in [-0.05, 0) is 50.7 Å². The van der Waals surface area contributed by atoms with Crippen LogP contribution in [-0.2, 0) is 6.42 Å². The molecule has 1 N–H and O–H groups in total. The SMILES string of the molecule is CCC(C(=O)c1ccc2c(c1)CCN2)N(C)C. The minimum absolute atomic E-state index is 0.0117. The van der Waals surface area contributed by atoms with E-state index < -0.39 is 0 Å². The molecule has 1 atom stereocenters. The maximum atomic E-state index is 12.4. The van der Waals surface area contributed by atoms with E-state index >= 15 is 0 Å². The number of Topliss-reactive ketones (excluding diaryl/α,β-unsaturated/α-hetero) is 1. The van der Waals surface area contributed by atoms with Gasteiger partial charge in [0.05, 0.1) is 6.04 Å². The molecule has 1 aromatic rings. The van der Waals surface area contributed by atoms with E-state index in [1.54, 1.807) is 0 Å². The lowest BCUT2D eigenvalue weighted by Gasteiger charge is -2.21. The molecular weight excluding hydrogens is 212 g/mol. The molecule has 92 valence electrons. The second-order valence-electron chi connectivity index (χ2n) is 4.80.